The zero-order valence-corrected chi connectivity index (χ0v) is 12.9. The minimum atomic E-state index is -0.737. The predicted molar refractivity (Wildman–Crippen MR) is 84.5 cm³/mol. The molecule has 1 N–H and O–H groups in total. The van der Waals surface area contributed by atoms with E-state index in [0.29, 0.717) is 12.3 Å². The lowest BCUT2D eigenvalue weighted by atomic mass is 10.1. The second-order valence-corrected chi connectivity index (χ2v) is 5.34. The maximum atomic E-state index is 12.8. The summed E-state index contributed by atoms with van der Waals surface area (Å²) in [4.78, 5) is 12.0. The van der Waals surface area contributed by atoms with E-state index in [4.69, 9.17) is 16.3 Å². The molecule has 0 spiro atoms. The van der Waals surface area contributed by atoms with Crippen molar-refractivity contribution in [3.63, 3.8) is 0 Å². The first-order chi connectivity index (χ1) is 10.6. The molecule has 1 amide bonds. The molecule has 5 heteroatoms. The average molecular weight is 322 g/mol. The van der Waals surface area contributed by atoms with Gasteiger partial charge in [-0.25, -0.2) is 4.39 Å². The molecule has 0 fully saturated rings. The number of nitrogens with one attached hydrogen (secondary N) is 1. The summed E-state index contributed by atoms with van der Waals surface area (Å²) in [6.45, 7) is 2.13. The first-order valence-electron chi connectivity index (χ1n) is 6.95. The van der Waals surface area contributed by atoms with Crippen molar-refractivity contribution in [3.8, 4) is 5.75 Å². The van der Waals surface area contributed by atoms with Crippen LogP contribution in [0.3, 0.4) is 0 Å². The third-order valence-corrected chi connectivity index (χ3v) is 3.49. The van der Waals surface area contributed by atoms with Crippen LogP contribution >= 0.6 is 11.6 Å². The summed E-state index contributed by atoms with van der Waals surface area (Å²) in [6.07, 6.45) is -0.256. The third kappa shape index (κ3) is 4.74. The Kier molecular flexibility index (Phi) is 5.78. The summed E-state index contributed by atoms with van der Waals surface area (Å²) >= 11 is 6.12. The van der Waals surface area contributed by atoms with Gasteiger partial charge in [0.05, 0.1) is 6.54 Å². The Balaban J connectivity index is 1.81. The van der Waals surface area contributed by atoms with E-state index in [0.717, 1.165) is 5.56 Å². The highest BCUT2D eigenvalue weighted by Gasteiger charge is 2.17. The number of carbonyl (C=O) groups is 1. The summed E-state index contributed by atoms with van der Waals surface area (Å²) in [5, 5.41) is 2.01. The van der Waals surface area contributed by atoms with Crippen LogP contribution in [0.2, 0.25) is 0 Å². The molecule has 116 valence electrons. The molecule has 0 saturated heterocycles. The molecular formula is C17H17ClFNO2. The number of amides is 1. The number of hydrogen-bond acceptors (Lipinski definition) is 2. The van der Waals surface area contributed by atoms with Crippen LogP contribution in [0.4, 0.5) is 4.39 Å². The van der Waals surface area contributed by atoms with Crippen molar-refractivity contribution in [1.82, 2.24) is 5.32 Å². The lowest BCUT2D eigenvalue weighted by molar-refractivity contribution is -0.121. The standard InChI is InChI=1S/C17H17ClFNO2/c1-12(22-15-9-7-14(19)8-10-15)11-20-17(21)16(18)13-5-3-2-4-6-13/h2-10,12,16H,11H2,1H3,(H,20,21). The maximum absolute atomic E-state index is 12.8. The van der Waals surface area contributed by atoms with Crippen LogP contribution in [-0.2, 0) is 4.79 Å². The molecule has 2 rings (SSSR count). The van der Waals surface area contributed by atoms with E-state index in [-0.39, 0.29) is 17.8 Å². The van der Waals surface area contributed by atoms with Crippen molar-refractivity contribution in [1.29, 1.82) is 0 Å². The predicted octanol–water partition coefficient (Wildman–Crippen LogP) is 3.69. The molecule has 2 aromatic carbocycles. The zero-order valence-electron chi connectivity index (χ0n) is 12.1. The minimum absolute atomic E-state index is 0.256. The van der Waals surface area contributed by atoms with E-state index < -0.39 is 5.38 Å². The topological polar surface area (TPSA) is 38.3 Å². The Morgan fingerprint density at radius 1 is 1.18 bits per heavy atom. The lowest BCUT2D eigenvalue weighted by Gasteiger charge is -2.17. The molecular weight excluding hydrogens is 305 g/mol. The summed E-state index contributed by atoms with van der Waals surface area (Å²) in [7, 11) is 0. The Bertz CT molecular complexity index is 604. The van der Waals surface area contributed by atoms with Gasteiger partial charge >= 0.3 is 0 Å². The van der Waals surface area contributed by atoms with Gasteiger partial charge in [0.2, 0.25) is 5.91 Å². The first-order valence-corrected chi connectivity index (χ1v) is 7.39. The molecule has 0 bridgehead atoms. The summed E-state index contributed by atoms with van der Waals surface area (Å²) < 4.78 is 18.4. The fraction of sp³-hybridized carbons (Fsp3) is 0.235. The highest BCUT2D eigenvalue weighted by molar-refractivity contribution is 6.30. The van der Waals surface area contributed by atoms with Crippen LogP contribution in [0.1, 0.15) is 17.9 Å². The van der Waals surface area contributed by atoms with E-state index in [1.165, 1.54) is 12.1 Å². The van der Waals surface area contributed by atoms with Gasteiger partial charge in [0.25, 0.3) is 0 Å². The van der Waals surface area contributed by atoms with Gasteiger partial charge in [-0.3, -0.25) is 4.79 Å². The van der Waals surface area contributed by atoms with Gasteiger partial charge in [0, 0.05) is 0 Å². The summed E-state index contributed by atoms with van der Waals surface area (Å²) in [5.41, 5.74) is 0.744. The average Bonchev–Trinajstić information content (AvgIpc) is 2.55. The first kappa shape index (κ1) is 16.3. The van der Waals surface area contributed by atoms with Crippen molar-refractivity contribution in [2.45, 2.75) is 18.4 Å². The second kappa shape index (κ2) is 7.80. The number of halogens is 2. The Labute approximate surface area is 134 Å². The van der Waals surface area contributed by atoms with Crippen molar-refractivity contribution in [2.24, 2.45) is 0 Å². The van der Waals surface area contributed by atoms with E-state index in [2.05, 4.69) is 5.32 Å². The lowest BCUT2D eigenvalue weighted by Crippen LogP contribution is -2.35. The zero-order chi connectivity index (χ0) is 15.9. The Morgan fingerprint density at radius 3 is 2.45 bits per heavy atom. The van der Waals surface area contributed by atoms with Gasteiger partial charge in [0.1, 0.15) is 23.0 Å². The molecule has 2 aromatic rings. The fourth-order valence-electron chi connectivity index (χ4n) is 1.89. The van der Waals surface area contributed by atoms with Crippen molar-refractivity contribution >= 4 is 17.5 Å². The van der Waals surface area contributed by atoms with Crippen LogP contribution in [0.15, 0.2) is 54.6 Å². The highest BCUT2D eigenvalue weighted by atomic mass is 35.5. The molecule has 3 nitrogen and oxygen atoms in total. The van der Waals surface area contributed by atoms with Crippen LogP contribution in [0.25, 0.3) is 0 Å². The summed E-state index contributed by atoms with van der Waals surface area (Å²) in [5.74, 6) is -0.0443. The molecule has 0 saturated carbocycles. The number of alkyl halides is 1. The van der Waals surface area contributed by atoms with Crippen molar-refractivity contribution < 1.29 is 13.9 Å². The molecule has 22 heavy (non-hydrogen) atoms. The van der Waals surface area contributed by atoms with Gasteiger partial charge < -0.3 is 10.1 Å². The molecule has 2 unspecified atom stereocenters. The smallest absolute Gasteiger partial charge is 0.242 e. The van der Waals surface area contributed by atoms with Gasteiger partial charge in [-0.05, 0) is 36.8 Å². The largest absolute Gasteiger partial charge is 0.489 e. The second-order valence-electron chi connectivity index (χ2n) is 4.90. The van der Waals surface area contributed by atoms with E-state index in [9.17, 15) is 9.18 Å². The van der Waals surface area contributed by atoms with Crippen molar-refractivity contribution in [2.75, 3.05) is 6.54 Å². The number of ether oxygens (including phenoxy) is 1. The van der Waals surface area contributed by atoms with Crippen molar-refractivity contribution in [3.05, 3.63) is 66.0 Å². The van der Waals surface area contributed by atoms with Gasteiger partial charge in [0.15, 0.2) is 0 Å². The fourth-order valence-corrected chi connectivity index (χ4v) is 2.12. The SMILES string of the molecule is CC(CNC(=O)C(Cl)c1ccccc1)Oc1ccc(F)cc1. The van der Waals surface area contributed by atoms with Crippen LogP contribution < -0.4 is 10.1 Å². The monoisotopic (exact) mass is 321 g/mol. The van der Waals surface area contributed by atoms with E-state index >= 15 is 0 Å². The quantitative estimate of drug-likeness (QED) is 0.824. The van der Waals surface area contributed by atoms with E-state index in [1.54, 1.807) is 24.3 Å². The molecule has 0 aliphatic carbocycles. The number of hydrogen-bond donors (Lipinski definition) is 1. The maximum Gasteiger partial charge on any atom is 0.242 e. The Morgan fingerprint density at radius 2 is 1.82 bits per heavy atom. The number of carbonyl (C=O) groups excluding carboxylic acids is 1. The summed E-state index contributed by atoms with van der Waals surface area (Å²) in [6, 6.07) is 14.9. The molecule has 2 atom stereocenters. The number of benzene rings is 2. The van der Waals surface area contributed by atoms with Gasteiger partial charge in [-0.2, -0.15) is 0 Å². The van der Waals surface area contributed by atoms with Crippen LogP contribution in [-0.4, -0.2) is 18.6 Å². The molecule has 0 heterocycles. The molecule has 0 aliphatic rings. The highest BCUT2D eigenvalue weighted by Crippen LogP contribution is 2.20. The molecule has 0 radical (unpaired) electrons. The number of rotatable bonds is 6. The molecule has 0 aliphatic heterocycles. The van der Waals surface area contributed by atoms with Gasteiger partial charge in [-0.1, -0.05) is 30.3 Å². The molecule has 0 aromatic heterocycles. The van der Waals surface area contributed by atoms with E-state index in [1.807, 2.05) is 25.1 Å². The van der Waals surface area contributed by atoms with Crippen LogP contribution in [0, 0.1) is 5.82 Å². The minimum Gasteiger partial charge on any atom is -0.489 e. The van der Waals surface area contributed by atoms with Gasteiger partial charge in [-0.15, -0.1) is 11.6 Å². The normalized spacial score (nSPS) is 13.2. The Hall–Kier alpha value is -2.07. The van der Waals surface area contributed by atoms with Crippen LogP contribution in [0.5, 0.6) is 5.75 Å². The third-order valence-electron chi connectivity index (χ3n) is 3.04.